The Bertz CT molecular complexity index is 1080. The van der Waals surface area contributed by atoms with Gasteiger partial charge in [0.05, 0.1) is 29.1 Å². The van der Waals surface area contributed by atoms with E-state index < -0.39 is 11.6 Å². The number of nitriles is 1. The summed E-state index contributed by atoms with van der Waals surface area (Å²) in [6, 6.07) is 7.29. The van der Waals surface area contributed by atoms with E-state index in [4.69, 9.17) is 26.8 Å². The number of rotatable bonds is 3. The maximum Gasteiger partial charge on any atom is 0.410 e. The molecule has 3 rings (SSSR count). The van der Waals surface area contributed by atoms with E-state index in [1.807, 2.05) is 32.9 Å². The lowest BCUT2D eigenvalue weighted by Gasteiger charge is -2.37. The molecular formula is C22H26ClN5O4. The van der Waals surface area contributed by atoms with Gasteiger partial charge >= 0.3 is 12.1 Å². The van der Waals surface area contributed by atoms with Crippen LogP contribution in [0.2, 0.25) is 5.02 Å². The lowest BCUT2D eigenvalue weighted by Crippen LogP contribution is -2.50. The Labute approximate surface area is 191 Å². The molecule has 1 amide bonds. The highest BCUT2D eigenvalue weighted by molar-refractivity contribution is 6.33. The number of amides is 1. The molecule has 2 heterocycles. The maximum atomic E-state index is 12.3. The number of nitrogens with two attached hydrogens (primary N) is 1. The van der Waals surface area contributed by atoms with Crippen molar-refractivity contribution in [2.24, 2.45) is 0 Å². The van der Waals surface area contributed by atoms with Crippen molar-refractivity contribution in [1.82, 2.24) is 9.47 Å². The molecule has 2 N–H and O–H groups in total. The van der Waals surface area contributed by atoms with Gasteiger partial charge in [-0.25, -0.2) is 9.59 Å². The molecule has 170 valence electrons. The van der Waals surface area contributed by atoms with Gasteiger partial charge in [-0.15, -0.1) is 0 Å². The monoisotopic (exact) mass is 459 g/mol. The third kappa shape index (κ3) is 4.75. The molecule has 32 heavy (non-hydrogen) atoms. The number of esters is 1. The van der Waals surface area contributed by atoms with Gasteiger partial charge in [0.2, 0.25) is 0 Å². The van der Waals surface area contributed by atoms with Crippen molar-refractivity contribution in [1.29, 1.82) is 5.26 Å². The quantitative estimate of drug-likeness (QED) is 0.699. The number of piperazine rings is 1. The third-order valence-electron chi connectivity index (χ3n) is 5.03. The van der Waals surface area contributed by atoms with Crippen LogP contribution in [0.4, 0.5) is 16.2 Å². The highest BCUT2D eigenvalue weighted by atomic mass is 35.5. The molecule has 1 aliphatic rings. The number of nitrogens with zero attached hydrogens (tertiary/aromatic N) is 4. The molecule has 0 saturated carbocycles. The Kier molecular flexibility index (Phi) is 6.55. The first-order valence-electron chi connectivity index (χ1n) is 10.1. The molecule has 0 atom stereocenters. The summed E-state index contributed by atoms with van der Waals surface area (Å²) in [4.78, 5) is 28.3. The fourth-order valence-corrected chi connectivity index (χ4v) is 3.77. The highest BCUT2D eigenvalue weighted by Crippen LogP contribution is 2.32. The van der Waals surface area contributed by atoms with Gasteiger partial charge in [0.25, 0.3) is 0 Å². The fraction of sp³-hybridized carbons (Fsp3) is 0.409. The number of carbonyl (C=O) groups excluding carboxylic acids is 2. The largest absolute Gasteiger partial charge is 0.464 e. The molecule has 10 heteroatoms. The van der Waals surface area contributed by atoms with Gasteiger partial charge in [0, 0.05) is 38.1 Å². The van der Waals surface area contributed by atoms with Gasteiger partial charge in [0.1, 0.15) is 11.7 Å². The van der Waals surface area contributed by atoms with E-state index in [-0.39, 0.29) is 23.0 Å². The Balaban J connectivity index is 1.80. The Morgan fingerprint density at radius 3 is 2.38 bits per heavy atom. The Morgan fingerprint density at radius 1 is 1.19 bits per heavy atom. The van der Waals surface area contributed by atoms with Crippen molar-refractivity contribution in [2.75, 3.05) is 43.9 Å². The predicted molar refractivity (Wildman–Crippen MR) is 121 cm³/mol. The van der Waals surface area contributed by atoms with Crippen molar-refractivity contribution in [3.05, 3.63) is 40.7 Å². The van der Waals surface area contributed by atoms with Crippen LogP contribution in [0.5, 0.6) is 0 Å². The van der Waals surface area contributed by atoms with Crippen molar-refractivity contribution < 1.29 is 19.1 Å². The maximum absolute atomic E-state index is 12.3. The number of halogens is 1. The SMILES string of the molecule is COC(=O)c1c(N)c(C#N)cn1-c1ccc(N2CCN(C(=O)OC(C)(C)C)CC2)c(Cl)c1. The molecule has 0 unspecified atom stereocenters. The molecular weight excluding hydrogens is 434 g/mol. The fourth-order valence-electron chi connectivity index (χ4n) is 3.48. The number of carbonyl (C=O) groups is 2. The van der Waals surface area contributed by atoms with Crippen LogP contribution in [-0.2, 0) is 9.47 Å². The minimum Gasteiger partial charge on any atom is -0.464 e. The third-order valence-corrected chi connectivity index (χ3v) is 5.33. The van der Waals surface area contributed by atoms with E-state index in [2.05, 4.69) is 4.90 Å². The van der Waals surface area contributed by atoms with Crippen LogP contribution in [0, 0.1) is 11.3 Å². The molecule has 1 fully saturated rings. The molecule has 1 aliphatic heterocycles. The number of hydrogen-bond donors (Lipinski definition) is 1. The minimum absolute atomic E-state index is 0.0535. The zero-order valence-corrected chi connectivity index (χ0v) is 19.3. The van der Waals surface area contributed by atoms with Gasteiger partial charge in [-0.05, 0) is 39.0 Å². The minimum atomic E-state index is -0.650. The summed E-state index contributed by atoms with van der Waals surface area (Å²) < 4.78 is 11.7. The number of hydrogen-bond acceptors (Lipinski definition) is 7. The number of nitrogen functional groups attached to an aromatic ring is 1. The topological polar surface area (TPSA) is 114 Å². The van der Waals surface area contributed by atoms with Crippen molar-refractivity contribution in [3.63, 3.8) is 0 Å². The van der Waals surface area contributed by atoms with Gasteiger partial charge in [-0.1, -0.05) is 11.6 Å². The van der Waals surface area contributed by atoms with Crippen LogP contribution in [0.3, 0.4) is 0 Å². The first-order valence-corrected chi connectivity index (χ1v) is 10.5. The first kappa shape index (κ1) is 23.3. The molecule has 1 aromatic heterocycles. The second-order valence-corrected chi connectivity index (χ2v) is 8.78. The molecule has 0 aliphatic carbocycles. The van der Waals surface area contributed by atoms with Crippen molar-refractivity contribution in [2.45, 2.75) is 26.4 Å². The van der Waals surface area contributed by atoms with E-state index in [9.17, 15) is 14.9 Å². The summed E-state index contributed by atoms with van der Waals surface area (Å²) in [6.07, 6.45) is 1.15. The highest BCUT2D eigenvalue weighted by Gasteiger charge is 2.27. The van der Waals surface area contributed by atoms with E-state index in [0.29, 0.717) is 36.9 Å². The zero-order valence-electron chi connectivity index (χ0n) is 18.5. The number of benzene rings is 1. The van der Waals surface area contributed by atoms with Crippen LogP contribution in [0.25, 0.3) is 5.69 Å². The summed E-state index contributed by atoms with van der Waals surface area (Å²) in [5.41, 5.74) is 7.09. The normalized spacial score (nSPS) is 14.1. The Morgan fingerprint density at radius 2 is 1.84 bits per heavy atom. The van der Waals surface area contributed by atoms with Crippen LogP contribution in [-0.4, -0.2) is 60.4 Å². The van der Waals surface area contributed by atoms with Crippen LogP contribution in [0.15, 0.2) is 24.4 Å². The Hall–Kier alpha value is -3.38. The van der Waals surface area contributed by atoms with Crippen LogP contribution in [0.1, 0.15) is 36.8 Å². The molecule has 2 aromatic rings. The molecule has 0 radical (unpaired) electrons. The summed E-state index contributed by atoms with van der Waals surface area (Å²) in [7, 11) is 1.25. The first-order chi connectivity index (χ1) is 15.1. The van der Waals surface area contributed by atoms with Gasteiger partial charge in [-0.3, -0.25) is 0 Å². The number of anilines is 2. The summed E-state index contributed by atoms with van der Waals surface area (Å²) in [5, 5.41) is 9.75. The average molecular weight is 460 g/mol. The molecule has 0 bridgehead atoms. The predicted octanol–water partition coefficient (Wildman–Crippen LogP) is 3.43. The van der Waals surface area contributed by atoms with E-state index in [1.165, 1.54) is 17.9 Å². The second-order valence-electron chi connectivity index (χ2n) is 8.37. The average Bonchev–Trinajstić information content (AvgIpc) is 3.08. The van der Waals surface area contributed by atoms with Crippen LogP contribution >= 0.6 is 11.6 Å². The lowest BCUT2D eigenvalue weighted by molar-refractivity contribution is 0.0240. The van der Waals surface area contributed by atoms with Gasteiger partial charge < -0.3 is 29.6 Å². The molecule has 9 nitrogen and oxygen atoms in total. The standard InChI is InChI=1S/C22H26ClN5O4/c1-22(2,3)32-21(30)27-9-7-26(8-10-27)17-6-5-15(11-16(17)23)28-13-14(12-24)18(25)19(28)20(29)31-4/h5-6,11,13H,7-10,25H2,1-4H3. The number of ether oxygens (including phenoxy) is 2. The van der Waals surface area contributed by atoms with Gasteiger partial charge in [-0.2, -0.15) is 5.26 Å². The zero-order chi connectivity index (χ0) is 23.6. The van der Waals surface area contributed by atoms with Crippen molar-refractivity contribution >= 4 is 35.0 Å². The second kappa shape index (κ2) is 9.01. The number of methoxy groups -OCH3 is 1. The molecule has 1 saturated heterocycles. The van der Waals surface area contributed by atoms with E-state index in [1.54, 1.807) is 17.0 Å². The van der Waals surface area contributed by atoms with E-state index >= 15 is 0 Å². The molecule has 0 spiro atoms. The molecule has 1 aromatic carbocycles. The van der Waals surface area contributed by atoms with E-state index in [0.717, 1.165) is 5.69 Å². The lowest BCUT2D eigenvalue weighted by atomic mass is 10.2. The number of aromatic nitrogens is 1. The summed E-state index contributed by atoms with van der Waals surface area (Å²) >= 11 is 6.57. The van der Waals surface area contributed by atoms with Crippen molar-refractivity contribution in [3.8, 4) is 11.8 Å². The van der Waals surface area contributed by atoms with Crippen LogP contribution < -0.4 is 10.6 Å². The van der Waals surface area contributed by atoms with Gasteiger partial charge in [0.15, 0.2) is 5.69 Å². The summed E-state index contributed by atoms with van der Waals surface area (Å²) in [6.45, 7) is 7.74. The summed E-state index contributed by atoms with van der Waals surface area (Å²) in [5.74, 6) is -0.650. The smallest absolute Gasteiger partial charge is 0.410 e.